The van der Waals surface area contributed by atoms with Crippen LogP contribution in [0.15, 0.2) is 22.8 Å². The highest BCUT2D eigenvalue weighted by Crippen LogP contribution is 2.27. The minimum Gasteiger partial charge on any atom is -0.382 e. The third-order valence-corrected chi connectivity index (χ3v) is 3.15. The van der Waals surface area contributed by atoms with E-state index in [4.69, 9.17) is 0 Å². The first-order chi connectivity index (χ1) is 8.00. The molecule has 17 heavy (non-hydrogen) atoms. The van der Waals surface area contributed by atoms with Gasteiger partial charge in [0.05, 0.1) is 0 Å². The molecule has 1 N–H and O–H groups in total. The summed E-state index contributed by atoms with van der Waals surface area (Å²) in [5.41, 5.74) is 1.64. The first-order valence-corrected chi connectivity index (χ1v) is 5.79. The number of aliphatic hydroxyl groups excluding tert-OH is 1. The molecule has 0 radical (unpaired) electrons. The Morgan fingerprint density at radius 3 is 2.71 bits per heavy atom. The molecule has 1 aromatic carbocycles. The van der Waals surface area contributed by atoms with Crippen LogP contribution < -0.4 is 0 Å². The van der Waals surface area contributed by atoms with Crippen LogP contribution >= 0.6 is 15.9 Å². The number of halogens is 2. The quantitative estimate of drug-likeness (QED) is 0.924. The van der Waals surface area contributed by atoms with E-state index < -0.39 is 6.10 Å². The Hall–Kier alpha value is -1.27. The van der Waals surface area contributed by atoms with Crippen molar-refractivity contribution in [2.45, 2.75) is 13.0 Å². The summed E-state index contributed by atoms with van der Waals surface area (Å²) in [4.78, 5) is 0. The molecule has 0 spiro atoms. The molecule has 90 valence electrons. The van der Waals surface area contributed by atoms with Gasteiger partial charge in [-0.05, 0) is 40.0 Å². The van der Waals surface area contributed by atoms with E-state index >= 15 is 0 Å². The molecule has 0 aliphatic rings. The van der Waals surface area contributed by atoms with Gasteiger partial charge in [-0.25, -0.2) is 9.07 Å². The first-order valence-electron chi connectivity index (χ1n) is 5.00. The van der Waals surface area contributed by atoms with E-state index in [9.17, 15) is 9.50 Å². The predicted molar refractivity (Wildman–Crippen MR) is 63.9 cm³/mol. The lowest BCUT2D eigenvalue weighted by Gasteiger charge is -2.12. The van der Waals surface area contributed by atoms with E-state index in [0.29, 0.717) is 21.4 Å². The van der Waals surface area contributed by atoms with Crippen LogP contribution in [0, 0.1) is 12.7 Å². The molecule has 1 atom stereocenters. The largest absolute Gasteiger partial charge is 0.382 e. The van der Waals surface area contributed by atoms with Crippen molar-refractivity contribution in [2.24, 2.45) is 7.05 Å². The normalized spacial score (nSPS) is 12.8. The van der Waals surface area contributed by atoms with Crippen LogP contribution in [0.2, 0.25) is 0 Å². The van der Waals surface area contributed by atoms with Gasteiger partial charge in [0.25, 0.3) is 0 Å². The van der Waals surface area contributed by atoms with Gasteiger partial charge in [-0.3, -0.25) is 0 Å². The lowest BCUT2D eigenvalue weighted by molar-refractivity contribution is 0.208. The minimum absolute atomic E-state index is 0.289. The Kier molecular flexibility index (Phi) is 3.26. The second-order valence-corrected chi connectivity index (χ2v) is 4.55. The topological polar surface area (TPSA) is 50.9 Å². The van der Waals surface area contributed by atoms with Gasteiger partial charge in [-0.1, -0.05) is 17.3 Å². The van der Waals surface area contributed by atoms with E-state index in [1.165, 1.54) is 10.7 Å². The van der Waals surface area contributed by atoms with Crippen LogP contribution in [0.4, 0.5) is 4.39 Å². The van der Waals surface area contributed by atoms with Gasteiger partial charge in [0.15, 0.2) is 4.60 Å². The average molecular weight is 300 g/mol. The summed E-state index contributed by atoms with van der Waals surface area (Å²) < 4.78 is 15.1. The molecule has 0 bridgehead atoms. The number of hydrogen-bond acceptors (Lipinski definition) is 3. The third kappa shape index (κ3) is 2.23. The monoisotopic (exact) mass is 299 g/mol. The van der Waals surface area contributed by atoms with Gasteiger partial charge in [0.1, 0.15) is 17.6 Å². The van der Waals surface area contributed by atoms with Crippen LogP contribution in [0.3, 0.4) is 0 Å². The molecule has 1 heterocycles. The summed E-state index contributed by atoms with van der Waals surface area (Å²) >= 11 is 3.22. The number of aromatic nitrogens is 3. The predicted octanol–water partition coefficient (Wildman–Crippen LogP) is 2.11. The summed E-state index contributed by atoms with van der Waals surface area (Å²) in [6, 6.07) is 4.50. The van der Waals surface area contributed by atoms with Crippen LogP contribution in [0.1, 0.15) is 22.9 Å². The molecule has 0 amide bonds. The molecule has 1 unspecified atom stereocenters. The number of benzene rings is 1. The van der Waals surface area contributed by atoms with Gasteiger partial charge < -0.3 is 5.11 Å². The average Bonchev–Trinajstić information content (AvgIpc) is 2.62. The zero-order chi connectivity index (χ0) is 12.6. The molecule has 6 heteroatoms. The number of hydrogen-bond donors (Lipinski definition) is 1. The highest BCUT2D eigenvalue weighted by Gasteiger charge is 2.19. The van der Waals surface area contributed by atoms with Crippen LogP contribution in [0.5, 0.6) is 0 Å². The van der Waals surface area contributed by atoms with Crippen molar-refractivity contribution in [3.63, 3.8) is 0 Å². The molecule has 2 rings (SSSR count). The van der Waals surface area contributed by atoms with E-state index in [-0.39, 0.29) is 5.82 Å². The molecular formula is C11H11BrFN3O. The Balaban J connectivity index is 2.43. The third-order valence-electron chi connectivity index (χ3n) is 2.58. The molecule has 4 nitrogen and oxygen atoms in total. The maximum atomic E-state index is 13.1. The Morgan fingerprint density at radius 1 is 1.47 bits per heavy atom. The molecule has 0 saturated carbocycles. The first kappa shape index (κ1) is 12.2. The minimum atomic E-state index is -0.885. The van der Waals surface area contributed by atoms with E-state index in [1.807, 2.05) is 0 Å². The van der Waals surface area contributed by atoms with E-state index in [2.05, 4.69) is 26.2 Å². The maximum Gasteiger partial charge on any atom is 0.154 e. The Labute approximate surface area is 106 Å². The van der Waals surface area contributed by atoms with Gasteiger partial charge in [0.2, 0.25) is 0 Å². The molecule has 0 aliphatic heterocycles. The lowest BCUT2D eigenvalue weighted by atomic mass is 10.0. The summed E-state index contributed by atoms with van der Waals surface area (Å²) in [6.07, 6.45) is -0.885. The lowest BCUT2D eigenvalue weighted by Crippen LogP contribution is -2.07. The van der Waals surface area contributed by atoms with Crippen LogP contribution in [-0.2, 0) is 7.05 Å². The van der Waals surface area contributed by atoms with Crippen molar-refractivity contribution in [3.8, 4) is 0 Å². The van der Waals surface area contributed by atoms with Crippen molar-refractivity contribution >= 4 is 15.9 Å². The molecule has 0 aliphatic carbocycles. The van der Waals surface area contributed by atoms with Crippen molar-refractivity contribution in [1.82, 2.24) is 15.0 Å². The summed E-state index contributed by atoms with van der Waals surface area (Å²) in [7, 11) is 1.69. The molecule has 0 fully saturated rings. The van der Waals surface area contributed by atoms with Crippen molar-refractivity contribution in [3.05, 3.63) is 45.4 Å². The number of aryl methyl sites for hydroxylation is 2. The summed E-state index contributed by atoms with van der Waals surface area (Å²) in [5, 5.41) is 17.8. The smallest absolute Gasteiger partial charge is 0.154 e. The Morgan fingerprint density at radius 2 is 2.18 bits per heavy atom. The van der Waals surface area contributed by atoms with E-state index in [0.717, 1.165) is 0 Å². The highest BCUT2D eigenvalue weighted by molar-refractivity contribution is 9.10. The van der Waals surface area contributed by atoms with Gasteiger partial charge in [-0.2, -0.15) is 0 Å². The number of rotatable bonds is 2. The maximum absolute atomic E-state index is 13.1. The fraction of sp³-hybridized carbons (Fsp3) is 0.273. The van der Waals surface area contributed by atoms with E-state index in [1.54, 1.807) is 26.1 Å². The van der Waals surface area contributed by atoms with Crippen LogP contribution in [-0.4, -0.2) is 20.1 Å². The zero-order valence-corrected chi connectivity index (χ0v) is 10.9. The molecule has 2 aromatic rings. The standard InChI is InChI=1S/C11H11BrFN3O/c1-6-5-7(3-4-8(6)13)10(17)9-11(12)14-15-16(9)2/h3-5,10,17H,1-2H3. The van der Waals surface area contributed by atoms with Gasteiger partial charge in [-0.15, -0.1) is 5.10 Å². The van der Waals surface area contributed by atoms with Crippen LogP contribution in [0.25, 0.3) is 0 Å². The summed E-state index contributed by atoms with van der Waals surface area (Å²) in [6.45, 7) is 1.65. The zero-order valence-electron chi connectivity index (χ0n) is 9.35. The van der Waals surface area contributed by atoms with Crippen molar-refractivity contribution in [2.75, 3.05) is 0 Å². The van der Waals surface area contributed by atoms with Gasteiger partial charge in [0, 0.05) is 7.05 Å². The SMILES string of the molecule is Cc1cc(C(O)c2c(Br)nnn2C)ccc1F. The molecular weight excluding hydrogens is 289 g/mol. The van der Waals surface area contributed by atoms with Crippen molar-refractivity contribution in [1.29, 1.82) is 0 Å². The Bertz CT molecular complexity index is 536. The second kappa shape index (κ2) is 4.54. The molecule has 1 aromatic heterocycles. The highest BCUT2D eigenvalue weighted by atomic mass is 79.9. The second-order valence-electron chi connectivity index (χ2n) is 3.80. The van der Waals surface area contributed by atoms with Gasteiger partial charge >= 0.3 is 0 Å². The summed E-state index contributed by atoms with van der Waals surface area (Å²) in [5.74, 6) is -0.289. The number of aliphatic hydroxyl groups is 1. The molecule has 0 saturated heterocycles. The fourth-order valence-electron chi connectivity index (χ4n) is 1.62. The number of nitrogens with zero attached hydrogens (tertiary/aromatic N) is 3. The fourth-order valence-corrected chi connectivity index (χ4v) is 2.17. The van der Waals surface area contributed by atoms with Crippen molar-refractivity contribution < 1.29 is 9.50 Å².